The van der Waals surface area contributed by atoms with Gasteiger partial charge in [-0.2, -0.15) is 0 Å². The molecule has 0 saturated carbocycles. The quantitative estimate of drug-likeness (QED) is 0.430. The van der Waals surface area contributed by atoms with Crippen LogP contribution in [0.25, 0.3) is 21.8 Å². The van der Waals surface area contributed by atoms with Crippen LogP contribution in [0.1, 0.15) is 12.8 Å². The van der Waals surface area contributed by atoms with Crippen LogP contribution < -0.4 is 14.5 Å². The summed E-state index contributed by atoms with van der Waals surface area (Å²) in [5.74, 6) is 0.496. The molecule has 0 amide bonds. The number of methoxy groups -OCH3 is 1. The third-order valence-corrected chi connectivity index (χ3v) is 7.70. The van der Waals surface area contributed by atoms with Crippen molar-refractivity contribution in [1.82, 2.24) is 14.9 Å². The highest BCUT2D eigenvalue weighted by Gasteiger charge is 2.29. The first kappa shape index (κ1) is 23.5. The van der Waals surface area contributed by atoms with Crippen molar-refractivity contribution in [3.05, 3.63) is 54.6 Å². The number of fused-ring (bicyclic) bond motifs is 2. The molecule has 6 rings (SSSR count). The zero-order chi connectivity index (χ0) is 25.5. The van der Waals surface area contributed by atoms with E-state index in [0.717, 1.165) is 80.1 Å². The Kier molecular flexibility index (Phi) is 6.08. The number of aromatic hydroxyl groups is 2. The summed E-state index contributed by atoms with van der Waals surface area (Å²) in [6.07, 6.45) is 4.92. The summed E-state index contributed by atoms with van der Waals surface area (Å²) in [7, 11) is 1.65. The van der Waals surface area contributed by atoms with Crippen molar-refractivity contribution in [2.45, 2.75) is 18.9 Å². The Morgan fingerprint density at radius 3 is 2.22 bits per heavy atom. The van der Waals surface area contributed by atoms with E-state index in [4.69, 9.17) is 4.74 Å². The molecule has 2 N–H and O–H groups in total. The molecule has 9 heteroatoms. The van der Waals surface area contributed by atoms with Gasteiger partial charge in [0.1, 0.15) is 23.1 Å². The topological polar surface area (TPSA) is 85.2 Å². The largest absolute Gasteiger partial charge is 0.506 e. The summed E-state index contributed by atoms with van der Waals surface area (Å²) >= 11 is 0. The van der Waals surface area contributed by atoms with Crippen LogP contribution in [0.5, 0.6) is 17.2 Å². The summed E-state index contributed by atoms with van der Waals surface area (Å²) in [6.45, 7) is 5.45. The second-order valence-electron chi connectivity index (χ2n) is 9.81. The molecule has 37 heavy (non-hydrogen) atoms. The molecule has 2 aliphatic rings. The fourth-order valence-corrected chi connectivity index (χ4v) is 5.77. The number of piperidine rings is 1. The molecule has 0 aliphatic carbocycles. The fourth-order valence-electron chi connectivity index (χ4n) is 5.77. The van der Waals surface area contributed by atoms with E-state index in [9.17, 15) is 14.6 Å². The highest BCUT2D eigenvalue weighted by atomic mass is 19.1. The number of pyridine rings is 2. The van der Waals surface area contributed by atoms with Gasteiger partial charge >= 0.3 is 0 Å². The molecule has 0 unspecified atom stereocenters. The number of ether oxygens (including phenoxy) is 1. The number of halogens is 1. The van der Waals surface area contributed by atoms with E-state index in [1.807, 2.05) is 12.1 Å². The van der Waals surface area contributed by atoms with Gasteiger partial charge in [-0.25, -0.2) is 4.39 Å². The first-order valence-electron chi connectivity index (χ1n) is 12.7. The number of aromatic nitrogens is 2. The third-order valence-electron chi connectivity index (χ3n) is 7.70. The molecule has 2 aromatic heterocycles. The van der Waals surface area contributed by atoms with Gasteiger partial charge in [0, 0.05) is 62.1 Å². The maximum atomic E-state index is 14.3. The molecule has 2 aromatic carbocycles. The van der Waals surface area contributed by atoms with Gasteiger partial charge < -0.3 is 24.7 Å². The van der Waals surface area contributed by atoms with E-state index in [0.29, 0.717) is 16.9 Å². The SMILES string of the molecule is COc1cc(N2CCN(C3CCN(c4ccc(F)c5cc(O)cnc45)CC3)CC2)c2ncc(O)cc2c1. The van der Waals surface area contributed by atoms with Gasteiger partial charge in [0.2, 0.25) is 0 Å². The lowest BCUT2D eigenvalue weighted by Gasteiger charge is -2.44. The minimum absolute atomic E-state index is 0.0303. The Hall–Kier alpha value is -3.85. The Balaban J connectivity index is 1.12. The normalized spacial score (nSPS) is 17.6. The van der Waals surface area contributed by atoms with Crippen molar-refractivity contribution in [3.63, 3.8) is 0 Å². The lowest BCUT2D eigenvalue weighted by molar-refractivity contribution is 0.160. The van der Waals surface area contributed by atoms with Gasteiger partial charge in [0.25, 0.3) is 0 Å². The van der Waals surface area contributed by atoms with Crippen molar-refractivity contribution >= 4 is 33.2 Å². The number of nitrogens with zero attached hydrogens (tertiary/aromatic N) is 5. The average Bonchev–Trinajstić information content (AvgIpc) is 2.93. The summed E-state index contributed by atoms with van der Waals surface area (Å²) in [5, 5.41) is 20.8. The number of hydrogen-bond donors (Lipinski definition) is 2. The van der Waals surface area contributed by atoms with E-state index in [-0.39, 0.29) is 17.3 Å². The molecular weight excluding hydrogens is 473 g/mol. The maximum absolute atomic E-state index is 14.3. The number of anilines is 2. The van der Waals surface area contributed by atoms with Crippen LogP contribution in [0.15, 0.2) is 48.8 Å². The van der Waals surface area contributed by atoms with Crippen LogP contribution in [0, 0.1) is 5.82 Å². The number of rotatable bonds is 4. The van der Waals surface area contributed by atoms with Crippen molar-refractivity contribution in [3.8, 4) is 17.2 Å². The van der Waals surface area contributed by atoms with E-state index in [1.165, 1.54) is 24.5 Å². The Labute approximate surface area is 214 Å². The monoisotopic (exact) mass is 503 g/mol. The second kappa shape index (κ2) is 9.55. The van der Waals surface area contributed by atoms with Crippen LogP contribution in [-0.2, 0) is 0 Å². The summed E-state index contributed by atoms with van der Waals surface area (Å²) < 4.78 is 19.8. The molecule has 0 atom stereocenters. The predicted molar refractivity (Wildman–Crippen MR) is 142 cm³/mol. The molecule has 192 valence electrons. The van der Waals surface area contributed by atoms with Gasteiger partial charge in [-0.1, -0.05) is 0 Å². The lowest BCUT2D eigenvalue weighted by Crippen LogP contribution is -2.53. The molecule has 2 fully saturated rings. The Bertz CT molecular complexity index is 1450. The van der Waals surface area contributed by atoms with Crippen LogP contribution in [-0.4, -0.2) is 77.5 Å². The summed E-state index contributed by atoms with van der Waals surface area (Å²) in [6, 6.07) is 10.9. The standard InChI is InChI=1S/C28H30FN5O3/c1-37-22-13-18-12-20(35)16-30-27(18)26(15-22)34-10-8-32(9-11-34)19-4-6-33(7-5-19)25-3-2-24(29)23-14-21(36)17-31-28(23)25/h2-3,12-17,19,35-36H,4-11H2,1H3. The Morgan fingerprint density at radius 2 is 1.49 bits per heavy atom. The first-order chi connectivity index (χ1) is 18.0. The minimum atomic E-state index is -0.370. The zero-order valence-corrected chi connectivity index (χ0v) is 20.8. The van der Waals surface area contributed by atoms with Gasteiger partial charge in [-0.05, 0) is 43.2 Å². The van der Waals surface area contributed by atoms with E-state index >= 15 is 0 Å². The minimum Gasteiger partial charge on any atom is -0.506 e. The molecule has 0 spiro atoms. The fraction of sp³-hybridized carbons (Fsp3) is 0.357. The van der Waals surface area contributed by atoms with Gasteiger partial charge in [-0.3, -0.25) is 14.9 Å². The van der Waals surface area contributed by atoms with Crippen molar-refractivity contribution < 1.29 is 19.3 Å². The van der Waals surface area contributed by atoms with E-state index in [1.54, 1.807) is 19.2 Å². The van der Waals surface area contributed by atoms with E-state index in [2.05, 4.69) is 24.7 Å². The van der Waals surface area contributed by atoms with Gasteiger partial charge in [0.05, 0.1) is 41.9 Å². The van der Waals surface area contributed by atoms with Crippen molar-refractivity contribution in [1.29, 1.82) is 0 Å². The highest BCUT2D eigenvalue weighted by Crippen LogP contribution is 2.34. The maximum Gasteiger partial charge on any atom is 0.134 e. The molecule has 2 aliphatic heterocycles. The van der Waals surface area contributed by atoms with Crippen LogP contribution in [0.4, 0.5) is 15.8 Å². The predicted octanol–water partition coefficient (Wildman–Crippen LogP) is 4.13. The zero-order valence-electron chi connectivity index (χ0n) is 20.8. The molecule has 0 bridgehead atoms. The second-order valence-corrected chi connectivity index (χ2v) is 9.81. The van der Waals surface area contributed by atoms with Crippen molar-refractivity contribution in [2.24, 2.45) is 0 Å². The van der Waals surface area contributed by atoms with Crippen LogP contribution >= 0.6 is 0 Å². The molecule has 4 aromatic rings. The van der Waals surface area contributed by atoms with Gasteiger partial charge in [0.15, 0.2) is 0 Å². The van der Waals surface area contributed by atoms with Crippen LogP contribution in [0.3, 0.4) is 0 Å². The number of hydrogen-bond acceptors (Lipinski definition) is 8. The molecule has 4 heterocycles. The van der Waals surface area contributed by atoms with E-state index < -0.39 is 0 Å². The van der Waals surface area contributed by atoms with Gasteiger partial charge in [-0.15, -0.1) is 0 Å². The molecule has 8 nitrogen and oxygen atoms in total. The van der Waals surface area contributed by atoms with Crippen molar-refractivity contribution in [2.75, 3.05) is 56.2 Å². The molecular formula is C28H30FN5O3. The first-order valence-corrected chi connectivity index (χ1v) is 12.7. The number of piperazine rings is 1. The average molecular weight is 504 g/mol. The molecule has 2 saturated heterocycles. The summed E-state index contributed by atoms with van der Waals surface area (Å²) in [4.78, 5) is 16.0. The highest BCUT2D eigenvalue weighted by molar-refractivity contribution is 5.93. The third kappa shape index (κ3) is 4.44. The lowest BCUT2D eigenvalue weighted by atomic mass is 10.0. The Morgan fingerprint density at radius 1 is 0.811 bits per heavy atom. The van der Waals surface area contributed by atoms with Crippen LogP contribution in [0.2, 0.25) is 0 Å². The summed E-state index contributed by atoms with van der Waals surface area (Å²) in [5.41, 5.74) is 3.42. The smallest absolute Gasteiger partial charge is 0.134 e. The molecule has 0 radical (unpaired) electrons. The number of benzene rings is 2.